The molecule has 0 saturated carbocycles. The number of aromatic nitrogens is 3. The third kappa shape index (κ3) is 5.27. The third-order valence-corrected chi connectivity index (χ3v) is 5.86. The molecule has 0 aliphatic carbocycles. The summed E-state index contributed by atoms with van der Waals surface area (Å²) in [4.78, 5) is 23.6. The molecule has 2 heterocycles. The van der Waals surface area contributed by atoms with Gasteiger partial charge in [-0.15, -0.1) is 0 Å². The van der Waals surface area contributed by atoms with E-state index in [0.717, 1.165) is 29.0 Å². The molecule has 0 fully saturated rings. The average molecular weight is 439 g/mol. The van der Waals surface area contributed by atoms with E-state index in [-0.39, 0.29) is 18.1 Å². The maximum Gasteiger partial charge on any atom is 0.233 e. The Balaban J connectivity index is 1.53. The third-order valence-electron chi connectivity index (χ3n) is 4.82. The van der Waals surface area contributed by atoms with Gasteiger partial charge in [-0.25, -0.2) is 14.4 Å². The van der Waals surface area contributed by atoms with E-state index >= 15 is 0 Å². The van der Waals surface area contributed by atoms with Gasteiger partial charge in [-0.3, -0.25) is 9.69 Å². The van der Waals surface area contributed by atoms with Crippen molar-refractivity contribution in [1.29, 1.82) is 0 Å². The molecule has 1 amide bonds. The van der Waals surface area contributed by atoms with Gasteiger partial charge in [0.15, 0.2) is 5.13 Å². The van der Waals surface area contributed by atoms with E-state index in [9.17, 15) is 9.18 Å². The normalized spacial score (nSPS) is 11.0. The maximum absolute atomic E-state index is 13.6. The molecular weight excluding hydrogens is 415 g/mol. The van der Waals surface area contributed by atoms with Crippen LogP contribution in [-0.2, 0) is 17.8 Å². The summed E-state index contributed by atoms with van der Waals surface area (Å²) in [5.41, 5.74) is 1.59. The van der Waals surface area contributed by atoms with Crippen LogP contribution < -0.4 is 9.64 Å². The fourth-order valence-electron chi connectivity index (χ4n) is 3.30. The van der Waals surface area contributed by atoms with E-state index in [2.05, 4.69) is 9.97 Å². The molecule has 2 aromatic carbocycles. The Morgan fingerprint density at radius 2 is 2.06 bits per heavy atom. The summed E-state index contributed by atoms with van der Waals surface area (Å²) in [6, 6.07) is 12.0. The molecule has 0 N–H and O–H groups in total. The van der Waals surface area contributed by atoms with Gasteiger partial charge >= 0.3 is 0 Å². The number of fused-ring (bicyclic) bond motifs is 1. The topological polar surface area (TPSA) is 60.2 Å². The fraction of sp³-hybridized carbons (Fsp3) is 0.261. The first kappa shape index (κ1) is 21.0. The number of hydrogen-bond acceptors (Lipinski definition) is 5. The second-order valence-corrected chi connectivity index (χ2v) is 8.07. The number of nitrogens with zero attached hydrogens (tertiary/aromatic N) is 4. The van der Waals surface area contributed by atoms with Gasteiger partial charge in [-0.1, -0.05) is 23.5 Å². The van der Waals surface area contributed by atoms with Crippen LogP contribution in [0.2, 0.25) is 0 Å². The van der Waals surface area contributed by atoms with Crippen LogP contribution >= 0.6 is 11.3 Å². The van der Waals surface area contributed by atoms with Crippen LogP contribution in [0.1, 0.15) is 18.9 Å². The Kier molecular flexibility index (Phi) is 6.57. The summed E-state index contributed by atoms with van der Waals surface area (Å²) in [6.45, 7) is 3.78. The highest BCUT2D eigenvalue weighted by Gasteiger charge is 2.20. The number of imidazole rings is 1. The number of thiazole rings is 1. The number of carbonyl (C=O) groups excluding carboxylic acids is 1. The molecule has 4 aromatic rings. The quantitative estimate of drug-likeness (QED) is 0.380. The molecule has 6 nitrogen and oxygen atoms in total. The van der Waals surface area contributed by atoms with Crippen LogP contribution in [0, 0.1) is 5.82 Å². The molecule has 4 rings (SSSR count). The molecule has 0 atom stereocenters. The summed E-state index contributed by atoms with van der Waals surface area (Å²) in [5.74, 6) is 0.425. The zero-order chi connectivity index (χ0) is 21.6. The van der Waals surface area contributed by atoms with Crippen LogP contribution in [0.4, 0.5) is 9.52 Å². The van der Waals surface area contributed by atoms with E-state index in [0.29, 0.717) is 23.8 Å². The van der Waals surface area contributed by atoms with E-state index in [1.54, 1.807) is 23.5 Å². The van der Waals surface area contributed by atoms with Crippen LogP contribution in [-0.4, -0.2) is 33.6 Å². The van der Waals surface area contributed by atoms with Gasteiger partial charge in [0.25, 0.3) is 0 Å². The molecule has 31 heavy (non-hydrogen) atoms. The first-order chi connectivity index (χ1) is 15.1. The smallest absolute Gasteiger partial charge is 0.233 e. The van der Waals surface area contributed by atoms with Crippen LogP contribution in [0.3, 0.4) is 0 Å². The fourth-order valence-corrected chi connectivity index (χ4v) is 4.33. The first-order valence-electron chi connectivity index (χ1n) is 10.2. The SMILES string of the molecule is CCOc1ccc(CC(=O)N(CCCn2ccnc2)c2nc3ccc(F)cc3s2)cc1. The van der Waals surface area contributed by atoms with Crippen molar-refractivity contribution >= 4 is 32.6 Å². The van der Waals surface area contributed by atoms with Crippen molar-refractivity contribution in [3.8, 4) is 5.75 Å². The van der Waals surface area contributed by atoms with Crippen molar-refractivity contribution in [3.63, 3.8) is 0 Å². The highest BCUT2D eigenvalue weighted by Crippen LogP contribution is 2.30. The second kappa shape index (κ2) is 9.70. The first-order valence-corrected chi connectivity index (χ1v) is 11.0. The second-order valence-electron chi connectivity index (χ2n) is 7.06. The van der Waals surface area contributed by atoms with E-state index in [1.807, 2.05) is 42.0 Å². The van der Waals surface area contributed by atoms with Gasteiger partial charge < -0.3 is 9.30 Å². The monoisotopic (exact) mass is 438 g/mol. The van der Waals surface area contributed by atoms with Crippen molar-refractivity contribution in [2.45, 2.75) is 26.3 Å². The largest absolute Gasteiger partial charge is 0.494 e. The Hall–Kier alpha value is -3.26. The number of rotatable bonds is 9. The number of halogens is 1. The zero-order valence-corrected chi connectivity index (χ0v) is 18.0. The molecule has 8 heteroatoms. The lowest BCUT2D eigenvalue weighted by atomic mass is 10.1. The van der Waals surface area contributed by atoms with Gasteiger partial charge in [0.1, 0.15) is 11.6 Å². The predicted molar refractivity (Wildman–Crippen MR) is 120 cm³/mol. The Morgan fingerprint density at radius 1 is 1.23 bits per heavy atom. The van der Waals surface area contributed by atoms with Crippen LogP contribution in [0.15, 0.2) is 61.2 Å². The Labute approximate surface area is 183 Å². The van der Waals surface area contributed by atoms with E-state index in [1.165, 1.54) is 23.5 Å². The van der Waals surface area contributed by atoms with Gasteiger partial charge in [0, 0.05) is 25.5 Å². The average Bonchev–Trinajstić information content (AvgIpc) is 3.42. The number of amides is 1. The number of ether oxygens (including phenoxy) is 1. The lowest BCUT2D eigenvalue weighted by molar-refractivity contribution is -0.118. The number of benzene rings is 2. The van der Waals surface area contributed by atoms with Crippen LogP contribution in [0.25, 0.3) is 10.2 Å². The summed E-state index contributed by atoms with van der Waals surface area (Å²) in [5, 5.41) is 0.585. The lowest BCUT2D eigenvalue weighted by Crippen LogP contribution is -2.33. The maximum atomic E-state index is 13.6. The lowest BCUT2D eigenvalue weighted by Gasteiger charge is -2.20. The minimum absolute atomic E-state index is 0.0469. The van der Waals surface area contributed by atoms with E-state index < -0.39 is 0 Å². The van der Waals surface area contributed by atoms with Crippen molar-refractivity contribution < 1.29 is 13.9 Å². The highest BCUT2D eigenvalue weighted by atomic mass is 32.1. The number of hydrogen-bond donors (Lipinski definition) is 0. The van der Waals surface area contributed by atoms with Crippen molar-refractivity contribution in [2.75, 3.05) is 18.1 Å². The van der Waals surface area contributed by atoms with Gasteiger partial charge in [0.2, 0.25) is 5.91 Å². The molecule has 0 unspecified atom stereocenters. The minimum Gasteiger partial charge on any atom is -0.494 e. The van der Waals surface area contributed by atoms with Crippen molar-refractivity contribution in [3.05, 3.63) is 72.6 Å². The summed E-state index contributed by atoms with van der Waals surface area (Å²) in [7, 11) is 0. The number of carbonyl (C=O) groups is 1. The predicted octanol–water partition coefficient (Wildman–Crippen LogP) is 4.70. The van der Waals surface area contributed by atoms with Gasteiger partial charge in [-0.2, -0.15) is 0 Å². The van der Waals surface area contributed by atoms with Gasteiger partial charge in [-0.05, 0) is 49.2 Å². The van der Waals surface area contributed by atoms with E-state index in [4.69, 9.17) is 4.74 Å². The molecule has 2 aromatic heterocycles. The number of anilines is 1. The highest BCUT2D eigenvalue weighted by molar-refractivity contribution is 7.22. The molecular formula is C23H23FN4O2S. The van der Waals surface area contributed by atoms with Crippen molar-refractivity contribution in [1.82, 2.24) is 14.5 Å². The standard InChI is InChI=1S/C23H23FN4O2S/c1-2-30-19-7-4-17(5-8-19)14-22(29)28(12-3-11-27-13-10-25-16-27)23-26-20-9-6-18(24)15-21(20)31-23/h4-10,13,15-16H,2-3,11-12,14H2,1H3. The summed E-state index contributed by atoms with van der Waals surface area (Å²) < 4.78 is 21.8. The zero-order valence-electron chi connectivity index (χ0n) is 17.2. The molecule has 0 spiro atoms. The van der Waals surface area contributed by atoms with Crippen molar-refractivity contribution in [2.24, 2.45) is 0 Å². The summed E-state index contributed by atoms with van der Waals surface area (Å²) in [6.07, 6.45) is 6.38. The molecule has 0 bridgehead atoms. The summed E-state index contributed by atoms with van der Waals surface area (Å²) >= 11 is 1.33. The Morgan fingerprint density at radius 3 is 2.81 bits per heavy atom. The van der Waals surface area contributed by atoms with Gasteiger partial charge in [0.05, 0.1) is 29.6 Å². The molecule has 0 aliphatic heterocycles. The van der Waals surface area contributed by atoms with Crippen LogP contribution in [0.5, 0.6) is 5.75 Å². The molecule has 0 aliphatic rings. The Bertz CT molecular complexity index is 1140. The minimum atomic E-state index is -0.310. The number of aryl methyl sites for hydroxylation is 1. The molecule has 0 saturated heterocycles. The molecule has 0 radical (unpaired) electrons. The molecule has 160 valence electrons.